The van der Waals surface area contributed by atoms with Crippen molar-refractivity contribution < 1.29 is 13.9 Å². The molecule has 5 heteroatoms. The molecule has 0 aliphatic carbocycles. The van der Waals surface area contributed by atoms with Crippen LogP contribution < -0.4 is 15.2 Å². The molecule has 0 fully saturated rings. The van der Waals surface area contributed by atoms with Crippen LogP contribution in [0.15, 0.2) is 6.07 Å². The Balaban J connectivity index is 3.42. The zero-order valence-electron chi connectivity index (χ0n) is 7.93. The van der Waals surface area contributed by atoms with Crippen molar-refractivity contribution in [3.05, 3.63) is 22.5 Å². The molecular formula is C9H11ClFNO2. The molecule has 0 unspecified atom stereocenters. The third kappa shape index (κ3) is 1.76. The molecule has 2 N–H and O–H groups in total. The van der Waals surface area contributed by atoms with Gasteiger partial charge >= 0.3 is 0 Å². The van der Waals surface area contributed by atoms with Gasteiger partial charge in [-0.15, -0.1) is 0 Å². The number of hydrogen-bond donors (Lipinski definition) is 1. The van der Waals surface area contributed by atoms with E-state index in [0.29, 0.717) is 5.75 Å². The number of methoxy groups -OCH3 is 2. The molecule has 0 atom stereocenters. The van der Waals surface area contributed by atoms with E-state index in [1.54, 1.807) is 0 Å². The SMILES string of the molecule is COc1cc(Cl)c(F)c(CN)c1OC. The maximum Gasteiger partial charge on any atom is 0.168 e. The molecular weight excluding hydrogens is 209 g/mol. The molecule has 3 nitrogen and oxygen atoms in total. The lowest BCUT2D eigenvalue weighted by Gasteiger charge is -2.13. The normalized spacial score (nSPS) is 10.1. The summed E-state index contributed by atoms with van der Waals surface area (Å²) in [6, 6.07) is 1.36. The number of rotatable bonds is 3. The average molecular weight is 220 g/mol. The van der Waals surface area contributed by atoms with Crippen molar-refractivity contribution in [3.8, 4) is 11.5 Å². The maximum atomic E-state index is 13.4. The Hall–Kier alpha value is -1.00. The Morgan fingerprint density at radius 3 is 2.50 bits per heavy atom. The minimum atomic E-state index is -0.563. The molecule has 1 aromatic rings. The quantitative estimate of drug-likeness (QED) is 0.845. The third-order valence-electron chi connectivity index (χ3n) is 1.86. The van der Waals surface area contributed by atoms with E-state index in [0.717, 1.165) is 0 Å². The fourth-order valence-corrected chi connectivity index (χ4v) is 1.41. The summed E-state index contributed by atoms with van der Waals surface area (Å²) in [5.74, 6) is 0.100. The second-order valence-electron chi connectivity index (χ2n) is 2.59. The molecule has 0 saturated heterocycles. The van der Waals surface area contributed by atoms with Crippen molar-refractivity contribution in [2.75, 3.05) is 14.2 Å². The predicted molar refractivity (Wildman–Crippen MR) is 52.4 cm³/mol. The molecule has 1 aromatic carbocycles. The first-order valence-corrected chi connectivity index (χ1v) is 4.32. The Morgan fingerprint density at radius 2 is 2.07 bits per heavy atom. The number of ether oxygens (including phenoxy) is 2. The Kier molecular flexibility index (Phi) is 3.55. The highest BCUT2D eigenvalue weighted by molar-refractivity contribution is 6.31. The highest BCUT2D eigenvalue weighted by Gasteiger charge is 2.17. The molecule has 0 spiro atoms. The van der Waals surface area contributed by atoms with Gasteiger partial charge in [0.1, 0.15) is 5.82 Å². The lowest BCUT2D eigenvalue weighted by Crippen LogP contribution is -2.05. The number of nitrogens with two attached hydrogens (primary N) is 1. The summed E-state index contributed by atoms with van der Waals surface area (Å²) in [6.07, 6.45) is 0. The second-order valence-corrected chi connectivity index (χ2v) is 3.00. The molecule has 14 heavy (non-hydrogen) atoms. The first-order chi connectivity index (χ1) is 6.65. The van der Waals surface area contributed by atoms with Gasteiger partial charge in [-0.05, 0) is 0 Å². The molecule has 0 aromatic heterocycles. The van der Waals surface area contributed by atoms with E-state index in [2.05, 4.69) is 0 Å². The maximum absolute atomic E-state index is 13.4. The molecule has 0 bridgehead atoms. The summed E-state index contributed by atoms with van der Waals surface area (Å²) in [5.41, 5.74) is 5.60. The minimum Gasteiger partial charge on any atom is -0.493 e. The summed E-state index contributed by atoms with van der Waals surface area (Å²) in [5, 5.41) is -0.0249. The van der Waals surface area contributed by atoms with Gasteiger partial charge < -0.3 is 15.2 Å². The van der Waals surface area contributed by atoms with Crippen LogP contribution in [-0.4, -0.2) is 14.2 Å². The van der Waals surface area contributed by atoms with Crippen molar-refractivity contribution in [3.63, 3.8) is 0 Å². The first kappa shape index (κ1) is 11.1. The summed E-state index contributed by atoms with van der Waals surface area (Å²) < 4.78 is 23.4. The highest BCUT2D eigenvalue weighted by atomic mass is 35.5. The Labute approximate surface area is 86.6 Å². The largest absolute Gasteiger partial charge is 0.493 e. The van der Waals surface area contributed by atoms with Crippen molar-refractivity contribution in [2.45, 2.75) is 6.54 Å². The van der Waals surface area contributed by atoms with Gasteiger partial charge in [-0.2, -0.15) is 0 Å². The van der Waals surface area contributed by atoms with Crippen LogP contribution in [0.25, 0.3) is 0 Å². The predicted octanol–water partition coefficient (Wildman–Crippen LogP) is 1.96. The van der Waals surface area contributed by atoms with E-state index in [1.165, 1.54) is 20.3 Å². The minimum absolute atomic E-state index is 0.00588. The number of benzene rings is 1. The standard InChI is InChI=1S/C9H11ClFNO2/c1-13-7-3-6(10)8(11)5(4-12)9(7)14-2/h3H,4,12H2,1-2H3. The number of hydrogen-bond acceptors (Lipinski definition) is 3. The molecule has 0 aliphatic rings. The second kappa shape index (κ2) is 4.48. The molecule has 0 saturated carbocycles. The van der Waals surface area contributed by atoms with Gasteiger partial charge in [0.2, 0.25) is 0 Å². The van der Waals surface area contributed by atoms with Gasteiger partial charge in [-0.3, -0.25) is 0 Å². The molecule has 1 rings (SSSR count). The van der Waals surface area contributed by atoms with Gasteiger partial charge in [-0.25, -0.2) is 4.39 Å². The topological polar surface area (TPSA) is 44.5 Å². The van der Waals surface area contributed by atoms with E-state index >= 15 is 0 Å². The van der Waals surface area contributed by atoms with Gasteiger partial charge in [0.05, 0.1) is 19.2 Å². The van der Waals surface area contributed by atoms with Crippen LogP contribution in [0.2, 0.25) is 5.02 Å². The lowest BCUT2D eigenvalue weighted by atomic mass is 10.1. The van der Waals surface area contributed by atoms with Crippen LogP contribution in [0.3, 0.4) is 0 Å². The van der Waals surface area contributed by atoms with Crippen molar-refractivity contribution in [1.29, 1.82) is 0 Å². The smallest absolute Gasteiger partial charge is 0.168 e. The van der Waals surface area contributed by atoms with Gasteiger partial charge in [-0.1, -0.05) is 11.6 Å². The zero-order chi connectivity index (χ0) is 10.7. The van der Waals surface area contributed by atoms with Crippen LogP contribution in [0.1, 0.15) is 5.56 Å². The Morgan fingerprint density at radius 1 is 1.43 bits per heavy atom. The fraction of sp³-hybridized carbons (Fsp3) is 0.333. The van der Waals surface area contributed by atoms with Crippen molar-refractivity contribution >= 4 is 11.6 Å². The fourth-order valence-electron chi connectivity index (χ4n) is 1.19. The summed E-state index contributed by atoms with van der Waals surface area (Å²) in [7, 11) is 2.87. The zero-order valence-corrected chi connectivity index (χ0v) is 8.69. The van der Waals surface area contributed by atoms with E-state index < -0.39 is 5.82 Å². The van der Waals surface area contributed by atoms with Gasteiger partial charge in [0, 0.05) is 18.2 Å². The van der Waals surface area contributed by atoms with Crippen LogP contribution >= 0.6 is 11.6 Å². The summed E-state index contributed by atoms with van der Waals surface area (Å²) >= 11 is 5.64. The first-order valence-electron chi connectivity index (χ1n) is 3.94. The van der Waals surface area contributed by atoms with E-state index in [9.17, 15) is 4.39 Å². The van der Waals surface area contributed by atoms with Crippen LogP contribution in [0.4, 0.5) is 4.39 Å². The average Bonchev–Trinajstić information content (AvgIpc) is 2.20. The molecule has 0 amide bonds. The summed E-state index contributed by atoms with van der Waals surface area (Å²) in [6.45, 7) is 0.00588. The molecule has 78 valence electrons. The summed E-state index contributed by atoms with van der Waals surface area (Å²) in [4.78, 5) is 0. The highest BCUT2D eigenvalue weighted by Crippen LogP contribution is 2.36. The van der Waals surface area contributed by atoms with E-state index in [-0.39, 0.29) is 22.9 Å². The lowest BCUT2D eigenvalue weighted by molar-refractivity contribution is 0.348. The van der Waals surface area contributed by atoms with Crippen LogP contribution in [0.5, 0.6) is 11.5 Å². The molecule has 0 heterocycles. The van der Waals surface area contributed by atoms with Crippen molar-refractivity contribution in [2.24, 2.45) is 5.73 Å². The number of halogens is 2. The van der Waals surface area contributed by atoms with Gasteiger partial charge in [0.25, 0.3) is 0 Å². The van der Waals surface area contributed by atoms with Crippen molar-refractivity contribution in [1.82, 2.24) is 0 Å². The monoisotopic (exact) mass is 219 g/mol. The third-order valence-corrected chi connectivity index (χ3v) is 2.13. The van der Waals surface area contributed by atoms with Gasteiger partial charge in [0.15, 0.2) is 11.5 Å². The Bertz CT molecular complexity index is 344. The molecule has 0 aliphatic heterocycles. The molecule has 0 radical (unpaired) electrons. The van der Waals surface area contributed by atoms with E-state index in [1.807, 2.05) is 0 Å². The van der Waals surface area contributed by atoms with Crippen LogP contribution in [-0.2, 0) is 6.54 Å². The van der Waals surface area contributed by atoms with E-state index in [4.69, 9.17) is 26.8 Å². The van der Waals surface area contributed by atoms with Crippen LogP contribution in [0, 0.1) is 5.82 Å².